The van der Waals surface area contributed by atoms with Crippen molar-refractivity contribution in [2.24, 2.45) is 5.92 Å². The first-order valence-electron chi connectivity index (χ1n) is 11.5. The molecular formula is C25H25ClFN3O4. The summed E-state index contributed by atoms with van der Waals surface area (Å²) in [6.07, 6.45) is 2.67. The van der Waals surface area contributed by atoms with Gasteiger partial charge in [-0.15, -0.1) is 0 Å². The molecule has 0 radical (unpaired) electrons. The van der Waals surface area contributed by atoms with Crippen molar-refractivity contribution in [2.45, 2.75) is 50.5 Å². The highest BCUT2D eigenvalue weighted by molar-refractivity contribution is 6.31. The molecule has 4 atom stereocenters. The van der Waals surface area contributed by atoms with Gasteiger partial charge in [0.15, 0.2) is 6.10 Å². The molecule has 4 amide bonds. The minimum Gasteiger partial charge on any atom is -0.363 e. The largest absolute Gasteiger partial charge is 0.363 e. The second-order valence-corrected chi connectivity index (χ2v) is 9.37. The quantitative estimate of drug-likeness (QED) is 0.697. The van der Waals surface area contributed by atoms with E-state index in [9.17, 15) is 18.8 Å². The molecule has 5 rings (SSSR count). The first kappa shape index (κ1) is 22.8. The average Bonchev–Trinajstić information content (AvgIpc) is 3.22. The van der Waals surface area contributed by atoms with Crippen molar-refractivity contribution in [2.75, 3.05) is 11.4 Å². The van der Waals surface area contributed by atoms with Gasteiger partial charge in [-0.05, 0) is 48.7 Å². The third-order valence-corrected chi connectivity index (χ3v) is 7.29. The predicted octanol–water partition coefficient (Wildman–Crippen LogP) is 3.89. The number of carbonyl (C=O) groups is 3. The van der Waals surface area contributed by atoms with E-state index in [1.807, 2.05) is 18.2 Å². The van der Waals surface area contributed by atoms with Crippen LogP contribution in [0.25, 0.3) is 0 Å². The lowest BCUT2D eigenvalue weighted by Crippen LogP contribution is -2.66. The second-order valence-electron chi connectivity index (χ2n) is 8.96. The summed E-state index contributed by atoms with van der Waals surface area (Å²) in [5.41, 5.74) is 1.01. The summed E-state index contributed by atoms with van der Waals surface area (Å²) >= 11 is 6.18. The van der Waals surface area contributed by atoms with Crippen LogP contribution in [0.4, 0.5) is 14.9 Å². The Morgan fingerprint density at radius 3 is 2.59 bits per heavy atom. The molecular weight excluding hydrogens is 461 g/mol. The van der Waals surface area contributed by atoms with E-state index in [0.717, 1.165) is 36.1 Å². The molecule has 2 aromatic rings. The lowest BCUT2D eigenvalue weighted by Gasteiger charge is -2.42. The lowest BCUT2D eigenvalue weighted by molar-refractivity contribution is -0.134. The molecule has 3 aliphatic rings. The predicted molar refractivity (Wildman–Crippen MR) is 124 cm³/mol. The topological polar surface area (TPSA) is 79.0 Å². The molecule has 9 heteroatoms. The number of ether oxygens (including phenoxy) is 1. The zero-order chi connectivity index (χ0) is 23.8. The smallest absolute Gasteiger partial charge is 0.332 e. The molecule has 7 nitrogen and oxygen atoms in total. The average molecular weight is 486 g/mol. The number of rotatable bonds is 5. The zero-order valence-corrected chi connectivity index (χ0v) is 19.2. The van der Waals surface area contributed by atoms with Gasteiger partial charge in [0.05, 0.1) is 17.8 Å². The number of amides is 4. The van der Waals surface area contributed by atoms with Crippen molar-refractivity contribution in [3.63, 3.8) is 0 Å². The molecule has 2 saturated heterocycles. The highest BCUT2D eigenvalue weighted by atomic mass is 35.5. The number of hydrogen-bond donors (Lipinski definition) is 1. The van der Waals surface area contributed by atoms with Gasteiger partial charge in [-0.1, -0.05) is 42.6 Å². The number of carbonyl (C=O) groups excluding carboxylic acids is 3. The maximum atomic E-state index is 13.6. The highest BCUT2D eigenvalue weighted by Gasteiger charge is 2.58. The first-order chi connectivity index (χ1) is 16.4. The van der Waals surface area contributed by atoms with Gasteiger partial charge in [0, 0.05) is 17.5 Å². The summed E-state index contributed by atoms with van der Waals surface area (Å²) in [6.45, 7) is -0.000198. The van der Waals surface area contributed by atoms with Gasteiger partial charge >= 0.3 is 6.03 Å². The molecule has 2 aromatic carbocycles. The number of urea groups is 1. The van der Waals surface area contributed by atoms with Crippen molar-refractivity contribution in [1.82, 2.24) is 10.2 Å². The molecule has 1 N–H and O–H groups in total. The van der Waals surface area contributed by atoms with Crippen molar-refractivity contribution in [3.8, 4) is 0 Å². The molecule has 2 aliphatic heterocycles. The van der Waals surface area contributed by atoms with Crippen molar-refractivity contribution in [3.05, 3.63) is 64.9 Å². The monoisotopic (exact) mass is 485 g/mol. The summed E-state index contributed by atoms with van der Waals surface area (Å²) in [5, 5.41) is 3.36. The molecule has 1 saturated carbocycles. The fraction of sp³-hybridized carbons (Fsp3) is 0.400. The Bertz CT molecular complexity index is 1110. The lowest BCUT2D eigenvalue weighted by atomic mass is 9.81. The van der Waals surface area contributed by atoms with Crippen LogP contribution in [0.2, 0.25) is 5.02 Å². The van der Waals surface area contributed by atoms with Crippen LogP contribution in [0.1, 0.15) is 31.2 Å². The van der Waals surface area contributed by atoms with Crippen molar-refractivity contribution < 1.29 is 23.5 Å². The molecule has 178 valence electrons. The van der Waals surface area contributed by atoms with Crippen LogP contribution in [0.3, 0.4) is 0 Å². The molecule has 34 heavy (non-hydrogen) atoms. The summed E-state index contributed by atoms with van der Waals surface area (Å²) in [5.74, 6) is -1.31. The number of anilines is 1. The van der Waals surface area contributed by atoms with Gasteiger partial charge in [0.2, 0.25) is 5.91 Å². The van der Waals surface area contributed by atoms with Gasteiger partial charge in [-0.2, -0.15) is 0 Å². The Hall–Kier alpha value is -2.97. The standard InChI is InChI=1S/C25H25ClFN3O4/c26-19-7-3-1-5-15(19)13-28-21(31)14-29-22-18-6-2-4-8-20(18)34-23(22)24(32)30(25(29)33)17-11-9-16(27)10-12-17/h1,3,5,7,9-12,18,20,22-23H,2,4,6,8,13-14H2,(H,28,31). The molecule has 1 aliphatic carbocycles. The summed E-state index contributed by atoms with van der Waals surface area (Å²) in [7, 11) is 0. The number of fused-ring (bicyclic) bond motifs is 3. The van der Waals surface area contributed by atoms with Crippen LogP contribution in [0.15, 0.2) is 48.5 Å². The Balaban J connectivity index is 1.41. The summed E-state index contributed by atoms with van der Waals surface area (Å²) < 4.78 is 19.6. The molecule has 0 aromatic heterocycles. The van der Waals surface area contributed by atoms with E-state index < -0.39 is 29.9 Å². The minimum atomic E-state index is -0.854. The summed E-state index contributed by atoms with van der Waals surface area (Å²) in [6, 6.07) is 11.2. The zero-order valence-electron chi connectivity index (χ0n) is 18.5. The minimum absolute atomic E-state index is 0.00149. The van der Waals surface area contributed by atoms with Crippen molar-refractivity contribution >= 4 is 35.1 Å². The van der Waals surface area contributed by atoms with E-state index in [1.54, 1.807) is 6.07 Å². The van der Waals surface area contributed by atoms with Gasteiger partial charge in [-0.3, -0.25) is 9.59 Å². The maximum absolute atomic E-state index is 13.6. The number of nitrogens with one attached hydrogen (secondary N) is 1. The fourth-order valence-electron chi connectivity index (χ4n) is 5.30. The Kier molecular flexibility index (Phi) is 6.27. The number of imide groups is 1. The molecule has 3 fully saturated rings. The number of benzene rings is 2. The van der Waals surface area contributed by atoms with Crippen LogP contribution < -0.4 is 10.2 Å². The molecule has 2 heterocycles. The van der Waals surface area contributed by atoms with Crippen LogP contribution in [0, 0.1) is 11.7 Å². The number of halogens is 2. The second kappa shape index (κ2) is 9.35. The number of nitrogens with zero attached hydrogens (tertiary/aromatic N) is 2. The van der Waals surface area contributed by atoms with Gasteiger partial charge < -0.3 is 15.0 Å². The van der Waals surface area contributed by atoms with Gasteiger partial charge in [-0.25, -0.2) is 14.1 Å². The van der Waals surface area contributed by atoms with Crippen molar-refractivity contribution in [1.29, 1.82) is 0 Å². The van der Waals surface area contributed by atoms with Crippen LogP contribution >= 0.6 is 11.6 Å². The van der Waals surface area contributed by atoms with E-state index in [2.05, 4.69) is 5.32 Å². The third kappa shape index (κ3) is 4.16. The number of hydrogen-bond acceptors (Lipinski definition) is 4. The molecule has 4 unspecified atom stereocenters. The Morgan fingerprint density at radius 2 is 1.82 bits per heavy atom. The van der Waals surface area contributed by atoms with Crippen LogP contribution in [-0.4, -0.2) is 47.5 Å². The fourth-order valence-corrected chi connectivity index (χ4v) is 5.50. The molecule has 0 spiro atoms. The highest BCUT2D eigenvalue weighted by Crippen LogP contribution is 2.43. The Labute approximate surface area is 201 Å². The Morgan fingerprint density at radius 1 is 1.09 bits per heavy atom. The molecule has 0 bridgehead atoms. The maximum Gasteiger partial charge on any atom is 0.332 e. The normalized spacial score (nSPS) is 26.3. The van der Waals surface area contributed by atoms with E-state index in [-0.39, 0.29) is 36.7 Å². The van der Waals surface area contributed by atoms with Crippen LogP contribution in [-0.2, 0) is 20.9 Å². The third-order valence-electron chi connectivity index (χ3n) is 6.92. The first-order valence-corrected chi connectivity index (χ1v) is 11.9. The van der Waals surface area contributed by atoms with Gasteiger partial charge in [0.25, 0.3) is 5.91 Å². The van der Waals surface area contributed by atoms with Crippen LogP contribution in [0.5, 0.6) is 0 Å². The SMILES string of the molecule is O=C(CN1C(=O)N(c2ccc(F)cc2)C(=O)C2OC3CCCCC3C21)NCc1ccccc1Cl. The summed E-state index contributed by atoms with van der Waals surface area (Å²) in [4.78, 5) is 42.3. The van der Waals surface area contributed by atoms with E-state index >= 15 is 0 Å². The van der Waals surface area contributed by atoms with E-state index in [0.29, 0.717) is 5.02 Å². The van der Waals surface area contributed by atoms with E-state index in [4.69, 9.17) is 16.3 Å². The van der Waals surface area contributed by atoms with Gasteiger partial charge in [0.1, 0.15) is 12.4 Å². The van der Waals surface area contributed by atoms with E-state index in [1.165, 1.54) is 29.2 Å².